The maximum Gasteiger partial charge on any atom is 0.258 e. The van der Waals surface area contributed by atoms with Crippen molar-refractivity contribution in [1.29, 1.82) is 0 Å². The fourth-order valence-corrected chi connectivity index (χ4v) is 5.74. The average molecular weight is 443 g/mol. The topological polar surface area (TPSA) is 84.5 Å². The third-order valence-corrected chi connectivity index (χ3v) is 7.53. The molecule has 2 fully saturated rings. The average Bonchev–Trinajstić information content (AvgIpc) is 3.15. The van der Waals surface area contributed by atoms with Crippen LogP contribution >= 0.6 is 11.6 Å². The first-order valence-corrected chi connectivity index (χ1v) is 12.5. The SMILES string of the molecule is O=C(COc1ccc(S(=O)(=O)NC2CCCC2)cc1Cl)NC1CCCCCCC1. The molecular formula is C21H31ClN2O4S. The highest BCUT2D eigenvalue weighted by Gasteiger charge is 2.23. The fourth-order valence-electron chi connectivity index (χ4n) is 4.11. The van der Waals surface area contributed by atoms with Gasteiger partial charge in [-0.1, -0.05) is 56.5 Å². The lowest BCUT2D eigenvalue weighted by atomic mass is 9.97. The zero-order valence-corrected chi connectivity index (χ0v) is 18.4. The second-order valence-corrected chi connectivity index (χ2v) is 10.2. The molecule has 162 valence electrons. The van der Waals surface area contributed by atoms with Gasteiger partial charge in [-0.05, 0) is 43.9 Å². The molecule has 6 nitrogen and oxygen atoms in total. The maximum absolute atomic E-state index is 12.5. The number of hydrogen-bond acceptors (Lipinski definition) is 4. The van der Waals surface area contributed by atoms with Crippen LogP contribution in [0.5, 0.6) is 5.75 Å². The molecule has 0 atom stereocenters. The van der Waals surface area contributed by atoms with Gasteiger partial charge in [0.15, 0.2) is 6.61 Å². The highest BCUT2D eigenvalue weighted by molar-refractivity contribution is 7.89. The summed E-state index contributed by atoms with van der Waals surface area (Å²) >= 11 is 6.22. The lowest BCUT2D eigenvalue weighted by Crippen LogP contribution is -2.38. The number of hydrogen-bond donors (Lipinski definition) is 2. The molecule has 1 aromatic rings. The molecule has 2 N–H and O–H groups in total. The minimum absolute atomic E-state index is 0.00770. The Bertz CT molecular complexity index is 786. The quantitative estimate of drug-likeness (QED) is 0.663. The van der Waals surface area contributed by atoms with Crippen molar-refractivity contribution in [3.05, 3.63) is 23.2 Å². The summed E-state index contributed by atoms with van der Waals surface area (Å²) in [4.78, 5) is 12.3. The summed E-state index contributed by atoms with van der Waals surface area (Å²) < 4.78 is 33.3. The van der Waals surface area contributed by atoms with Crippen LogP contribution in [-0.2, 0) is 14.8 Å². The molecule has 0 aliphatic heterocycles. The van der Waals surface area contributed by atoms with Crippen molar-refractivity contribution in [2.75, 3.05) is 6.61 Å². The Morgan fingerprint density at radius 3 is 2.21 bits per heavy atom. The largest absolute Gasteiger partial charge is 0.482 e. The van der Waals surface area contributed by atoms with Gasteiger partial charge >= 0.3 is 0 Å². The van der Waals surface area contributed by atoms with Crippen LogP contribution in [-0.4, -0.2) is 33.0 Å². The predicted octanol–water partition coefficient (Wildman–Crippen LogP) is 4.17. The molecule has 1 amide bonds. The first-order valence-electron chi connectivity index (χ1n) is 10.7. The highest BCUT2D eigenvalue weighted by Crippen LogP contribution is 2.28. The molecule has 0 unspecified atom stereocenters. The normalized spacial score (nSPS) is 19.5. The Labute approximate surface area is 178 Å². The van der Waals surface area contributed by atoms with Crippen molar-refractivity contribution in [2.45, 2.75) is 87.6 Å². The lowest BCUT2D eigenvalue weighted by molar-refractivity contribution is -0.123. The molecule has 1 aromatic carbocycles. The fraction of sp³-hybridized carbons (Fsp3) is 0.667. The Balaban J connectivity index is 1.52. The van der Waals surface area contributed by atoms with E-state index in [1.807, 2.05) is 0 Å². The number of rotatable bonds is 7. The van der Waals surface area contributed by atoms with Crippen LogP contribution in [0.15, 0.2) is 23.1 Å². The van der Waals surface area contributed by atoms with Gasteiger partial charge in [0.25, 0.3) is 5.91 Å². The van der Waals surface area contributed by atoms with Gasteiger partial charge in [0.05, 0.1) is 9.92 Å². The molecule has 0 heterocycles. The van der Waals surface area contributed by atoms with Crippen molar-refractivity contribution < 1.29 is 17.9 Å². The molecule has 0 saturated heterocycles. The molecule has 2 aliphatic rings. The van der Waals surface area contributed by atoms with Gasteiger partial charge in [0.2, 0.25) is 10.0 Å². The van der Waals surface area contributed by atoms with E-state index in [-0.39, 0.29) is 34.5 Å². The predicted molar refractivity (Wildman–Crippen MR) is 114 cm³/mol. The number of nitrogens with one attached hydrogen (secondary N) is 2. The van der Waals surface area contributed by atoms with E-state index in [1.54, 1.807) is 0 Å². The standard InChI is InChI=1S/C21H31ClN2O4S/c22-19-14-18(29(26,27)24-17-10-6-7-11-17)12-13-20(19)28-15-21(25)23-16-8-4-2-1-3-5-9-16/h12-14,16-17,24H,1-11,15H2,(H,23,25). The van der Waals surface area contributed by atoms with Crippen molar-refractivity contribution in [1.82, 2.24) is 10.0 Å². The van der Waals surface area contributed by atoms with Gasteiger partial charge in [-0.3, -0.25) is 4.79 Å². The molecular weight excluding hydrogens is 412 g/mol. The van der Waals surface area contributed by atoms with E-state index in [2.05, 4.69) is 10.0 Å². The molecule has 0 radical (unpaired) electrons. The number of halogens is 1. The van der Waals surface area contributed by atoms with Crippen LogP contribution in [0.1, 0.15) is 70.6 Å². The molecule has 2 aliphatic carbocycles. The number of amides is 1. The van der Waals surface area contributed by atoms with Crippen LogP contribution in [0.25, 0.3) is 0 Å². The van der Waals surface area contributed by atoms with Crippen molar-refractivity contribution >= 4 is 27.5 Å². The van der Waals surface area contributed by atoms with Gasteiger partial charge in [0, 0.05) is 12.1 Å². The second-order valence-electron chi connectivity index (χ2n) is 8.09. The monoisotopic (exact) mass is 442 g/mol. The van der Waals surface area contributed by atoms with E-state index in [0.29, 0.717) is 5.75 Å². The van der Waals surface area contributed by atoms with Gasteiger partial charge in [0.1, 0.15) is 5.75 Å². The Kier molecular flexibility index (Phi) is 8.21. The maximum atomic E-state index is 12.5. The minimum Gasteiger partial charge on any atom is -0.482 e. The van der Waals surface area contributed by atoms with Crippen molar-refractivity contribution in [3.63, 3.8) is 0 Å². The van der Waals surface area contributed by atoms with Gasteiger partial charge in [-0.25, -0.2) is 13.1 Å². The van der Waals surface area contributed by atoms with Crippen molar-refractivity contribution in [2.24, 2.45) is 0 Å². The lowest BCUT2D eigenvalue weighted by Gasteiger charge is -2.21. The van der Waals surface area contributed by atoms with E-state index in [9.17, 15) is 13.2 Å². The van der Waals surface area contributed by atoms with Crippen LogP contribution < -0.4 is 14.8 Å². The molecule has 29 heavy (non-hydrogen) atoms. The van der Waals surface area contributed by atoms with Gasteiger partial charge in [-0.2, -0.15) is 0 Å². The molecule has 8 heteroatoms. The minimum atomic E-state index is -3.61. The number of sulfonamides is 1. The summed E-state index contributed by atoms with van der Waals surface area (Å²) in [5.74, 6) is 0.130. The summed E-state index contributed by atoms with van der Waals surface area (Å²) in [6.45, 7) is -0.136. The first-order chi connectivity index (χ1) is 13.9. The van der Waals surface area contributed by atoms with Crippen LogP contribution in [0.3, 0.4) is 0 Å². The number of benzene rings is 1. The van der Waals surface area contributed by atoms with E-state index in [0.717, 1.165) is 51.4 Å². The van der Waals surface area contributed by atoms with Crippen LogP contribution in [0.4, 0.5) is 0 Å². The van der Waals surface area contributed by atoms with E-state index >= 15 is 0 Å². The Morgan fingerprint density at radius 2 is 1.55 bits per heavy atom. The summed E-state index contributed by atoms with van der Waals surface area (Å²) in [5.41, 5.74) is 0. The Morgan fingerprint density at radius 1 is 0.966 bits per heavy atom. The van der Waals surface area contributed by atoms with E-state index in [1.165, 1.54) is 37.5 Å². The van der Waals surface area contributed by atoms with Gasteiger partial charge < -0.3 is 10.1 Å². The third kappa shape index (κ3) is 6.86. The summed E-state index contributed by atoms with van der Waals surface area (Å²) in [5, 5.41) is 3.22. The van der Waals surface area contributed by atoms with Gasteiger partial charge in [-0.15, -0.1) is 0 Å². The van der Waals surface area contributed by atoms with E-state index in [4.69, 9.17) is 16.3 Å². The number of ether oxygens (including phenoxy) is 1. The molecule has 3 rings (SSSR count). The number of carbonyl (C=O) groups excluding carboxylic acids is 1. The zero-order valence-electron chi connectivity index (χ0n) is 16.8. The highest BCUT2D eigenvalue weighted by atomic mass is 35.5. The van der Waals surface area contributed by atoms with Crippen molar-refractivity contribution in [3.8, 4) is 5.75 Å². The second kappa shape index (κ2) is 10.6. The summed E-state index contributed by atoms with van der Waals surface area (Å²) in [7, 11) is -3.61. The van der Waals surface area contributed by atoms with Crippen LogP contribution in [0.2, 0.25) is 5.02 Å². The summed E-state index contributed by atoms with van der Waals surface area (Å²) in [6, 6.07) is 4.54. The third-order valence-electron chi connectivity index (χ3n) is 5.72. The summed E-state index contributed by atoms with van der Waals surface area (Å²) in [6.07, 6.45) is 11.9. The molecule has 0 bridgehead atoms. The molecule has 0 aromatic heterocycles. The zero-order chi connectivity index (χ0) is 20.7. The van der Waals surface area contributed by atoms with Crippen LogP contribution in [0, 0.1) is 0 Å². The molecule has 0 spiro atoms. The first kappa shape index (κ1) is 22.4. The molecule has 2 saturated carbocycles. The Hall–Kier alpha value is -1.31. The van der Waals surface area contributed by atoms with E-state index < -0.39 is 10.0 Å². The smallest absolute Gasteiger partial charge is 0.258 e. The number of carbonyl (C=O) groups is 1.